The quantitative estimate of drug-likeness (QED) is 0.217. The average molecular weight is 410 g/mol. The molecule has 8 nitrogen and oxygen atoms in total. The Bertz CT molecular complexity index is 1010. The van der Waals surface area contributed by atoms with E-state index in [0.29, 0.717) is 26.9 Å². The molecule has 0 amide bonds. The summed E-state index contributed by atoms with van der Waals surface area (Å²) < 4.78 is 11.0. The molecule has 0 aliphatic heterocycles. The van der Waals surface area contributed by atoms with Crippen LogP contribution in [0.3, 0.4) is 0 Å². The molecule has 28 heavy (non-hydrogen) atoms. The van der Waals surface area contributed by atoms with Crippen molar-refractivity contribution in [1.82, 2.24) is 10.1 Å². The van der Waals surface area contributed by atoms with Crippen molar-refractivity contribution in [3.05, 3.63) is 64.8 Å². The minimum absolute atomic E-state index is 0. The number of rotatable bonds is 6. The second-order valence-electron chi connectivity index (χ2n) is 5.47. The molecule has 10 heteroatoms. The Morgan fingerprint density at radius 1 is 1.21 bits per heavy atom. The van der Waals surface area contributed by atoms with Gasteiger partial charge in [-0.3, -0.25) is 0 Å². The monoisotopic (exact) mass is 409 g/mol. The number of halogens is 1. The molecule has 0 aliphatic rings. The molecule has 0 aliphatic carbocycles. The number of benzene rings is 2. The van der Waals surface area contributed by atoms with Crippen molar-refractivity contribution in [2.24, 2.45) is 0 Å². The Balaban J connectivity index is 0.00000280. The van der Waals surface area contributed by atoms with Gasteiger partial charge in [0.05, 0.1) is 11.1 Å². The third-order valence-electron chi connectivity index (χ3n) is 3.39. The van der Waals surface area contributed by atoms with Gasteiger partial charge in [0.1, 0.15) is 23.1 Å². The van der Waals surface area contributed by atoms with E-state index in [4.69, 9.17) is 21.1 Å². The van der Waals surface area contributed by atoms with Crippen LogP contribution in [0.2, 0.25) is 5.02 Å². The number of nitrogens with zero attached hydrogens (tertiary/aromatic N) is 3. The molecule has 0 spiro atoms. The number of aliphatic carboxylic acids is 1. The van der Waals surface area contributed by atoms with Gasteiger partial charge in [-0.05, 0) is 60.3 Å². The van der Waals surface area contributed by atoms with Gasteiger partial charge in [0.15, 0.2) is 0 Å². The third-order valence-corrected chi connectivity index (χ3v) is 3.63. The molecule has 1 unspecified atom stereocenters. The standard InChI is InChI=1S/C18H14ClN3O5.Na/c1-11(2-9-17(23)24)26-13-4-6-14(7-5-13)27-18-20-15-8-3-12(19)10-16(15)22(25)21-18;/h2-11H,1H3,(H,23,24);/q;+1/p-1. The van der Waals surface area contributed by atoms with E-state index >= 15 is 0 Å². The molecular weight excluding hydrogens is 397 g/mol. The zero-order chi connectivity index (χ0) is 19.4. The van der Waals surface area contributed by atoms with Crippen molar-refractivity contribution in [3.8, 4) is 17.5 Å². The summed E-state index contributed by atoms with van der Waals surface area (Å²) in [5.41, 5.74) is 0.630. The Morgan fingerprint density at radius 2 is 1.89 bits per heavy atom. The number of carboxylic acids is 1. The maximum Gasteiger partial charge on any atom is 1.00 e. The van der Waals surface area contributed by atoms with Gasteiger partial charge < -0.3 is 24.6 Å². The van der Waals surface area contributed by atoms with Gasteiger partial charge in [-0.15, -0.1) is 0 Å². The number of carbonyl (C=O) groups is 1. The van der Waals surface area contributed by atoms with Crippen LogP contribution < -0.4 is 49.0 Å². The number of carboxylic acid groups (broad SMARTS) is 1. The summed E-state index contributed by atoms with van der Waals surface area (Å²) in [4.78, 5) is 14.9. The summed E-state index contributed by atoms with van der Waals surface area (Å²) in [6.07, 6.45) is 1.82. The molecule has 3 rings (SSSR count). The van der Waals surface area contributed by atoms with Crippen LogP contribution in [0, 0.1) is 5.21 Å². The number of hydrogen-bond donors (Lipinski definition) is 0. The number of fused-ring (bicyclic) bond motifs is 1. The van der Waals surface area contributed by atoms with E-state index in [-0.39, 0.29) is 41.1 Å². The summed E-state index contributed by atoms with van der Waals surface area (Å²) in [5.74, 6) is -0.387. The third kappa shape index (κ3) is 5.80. The molecule has 138 valence electrons. The first kappa shape index (κ1) is 21.9. The average Bonchev–Trinajstić information content (AvgIpc) is 2.62. The molecule has 3 aromatic rings. The topological polar surface area (TPSA) is 111 Å². The van der Waals surface area contributed by atoms with Crippen LogP contribution in [0.4, 0.5) is 0 Å². The summed E-state index contributed by atoms with van der Waals surface area (Å²) in [5, 5.41) is 26.5. The number of hydrogen-bond acceptors (Lipinski definition) is 7. The predicted molar refractivity (Wildman–Crippen MR) is 94.3 cm³/mol. The molecule has 2 aromatic carbocycles. The van der Waals surface area contributed by atoms with Crippen LogP contribution >= 0.6 is 11.6 Å². The van der Waals surface area contributed by atoms with Crippen LogP contribution in [-0.4, -0.2) is 22.2 Å². The van der Waals surface area contributed by atoms with Crippen molar-refractivity contribution in [3.63, 3.8) is 0 Å². The largest absolute Gasteiger partial charge is 1.00 e. The first-order chi connectivity index (χ1) is 12.9. The van der Waals surface area contributed by atoms with Crippen LogP contribution in [0.25, 0.3) is 11.0 Å². The van der Waals surface area contributed by atoms with Crippen LogP contribution in [0.5, 0.6) is 17.5 Å². The predicted octanol–water partition coefficient (Wildman–Crippen LogP) is -1.21. The SMILES string of the molecule is CC(C=CC(=O)[O-])Oc1ccc(Oc2nc3ccc(Cl)cc3[n+]([O-])n2)cc1.[Na+]. The van der Waals surface area contributed by atoms with Gasteiger partial charge in [0, 0.05) is 11.1 Å². The van der Waals surface area contributed by atoms with Gasteiger partial charge in [-0.1, -0.05) is 11.6 Å². The number of ether oxygens (including phenoxy) is 2. The number of aromatic nitrogens is 3. The summed E-state index contributed by atoms with van der Waals surface area (Å²) in [7, 11) is 0. The van der Waals surface area contributed by atoms with Crippen molar-refractivity contribution in [2.45, 2.75) is 13.0 Å². The Morgan fingerprint density at radius 3 is 2.57 bits per heavy atom. The Kier molecular flexibility index (Phi) is 7.59. The van der Waals surface area contributed by atoms with E-state index < -0.39 is 12.1 Å². The summed E-state index contributed by atoms with van der Waals surface area (Å²) in [6, 6.07) is 11.0. The molecule has 0 saturated heterocycles. The normalized spacial score (nSPS) is 11.8. The second kappa shape index (κ2) is 9.70. The van der Waals surface area contributed by atoms with E-state index in [1.54, 1.807) is 43.3 Å². The molecule has 1 aromatic heterocycles. The zero-order valence-electron chi connectivity index (χ0n) is 15.0. The van der Waals surface area contributed by atoms with Crippen molar-refractivity contribution < 1.29 is 53.8 Å². The molecule has 0 radical (unpaired) electrons. The van der Waals surface area contributed by atoms with Crippen molar-refractivity contribution in [2.75, 3.05) is 0 Å². The van der Waals surface area contributed by atoms with Gasteiger partial charge in [0.25, 0.3) is 5.52 Å². The van der Waals surface area contributed by atoms with Crippen LogP contribution in [0.15, 0.2) is 54.6 Å². The molecule has 0 bridgehead atoms. The van der Waals surface area contributed by atoms with E-state index in [9.17, 15) is 15.1 Å². The van der Waals surface area contributed by atoms with Gasteiger partial charge in [0.2, 0.25) is 0 Å². The van der Waals surface area contributed by atoms with E-state index in [2.05, 4.69) is 10.1 Å². The summed E-state index contributed by atoms with van der Waals surface area (Å²) >= 11 is 5.86. The molecule has 1 atom stereocenters. The number of carbonyl (C=O) groups excluding carboxylic acids is 1. The van der Waals surface area contributed by atoms with Crippen LogP contribution in [-0.2, 0) is 4.79 Å². The van der Waals surface area contributed by atoms with Gasteiger partial charge >= 0.3 is 35.6 Å². The first-order valence-corrected chi connectivity index (χ1v) is 8.19. The Labute approximate surface area is 187 Å². The van der Waals surface area contributed by atoms with Crippen molar-refractivity contribution in [1.29, 1.82) is 0 Å². The fourth-order valence-electron chi connectivity index (χ4n) is 2.20. The smallest absolute Gasteiger partial charge is 0.594 e. The maximum absolute atomic E-state index is 12.0. The van der Waals surface area contributed by atoms with E-state index in [0.717, 1.165) is 6.08 Å². The fourth-order valence-corrected chi connectivity index (χ4v) is 2.37. The van der Waals surface area contributed by atoms with Gasteiger partial charge in [-0.25, -0.2) is 0 Å². The molecule has 1 heterocycles. The molecule has 0 saturated carbocycles. The summed E-state index contributed by atoms with van der Waals surface area (Å²) in [6.45, 7) is 1.69. The molecular formula is C18H13ClN3NaO5. The molecule has 0 fully saturated rings. The fraction of sp³-hybridized carbons (Fsp3) is 0.111. The van der Waals surface area contributed by atoms with E-state index in [1.165, 1.54) is 12.1 Å². The second-order valence-corrected chi connectivity index (χ2v) is 5.91. The zero-order valence-corrected chi connectivity index (χ0v) is 17.8. The van der Waals surface area contributed by atoms with E-state index in [1.807, 2.05) is 0 Å². The van der Waals surface area contributed by atoms with Crippen LogP contribution in [0.1, 0.15) is 6.92 Å². The van der Waals surface area contributed by atoms with Crippen molar-refractivity contribution >= 4 is 28.6 Å². The molecule has 0 N–H and O–H groups in total. The Hall–Kier alpha value is -2.39. The minimum atomic E-state index is -1.29. The first-order valence-electron chi connectivity index (χ1n) is 7.81. The maximum atomic E-state index is 12.0. The minimum Gasteiger partial charge on any atom is -0.594 e. The van der Waals surface area contributed by atoms with Gasteiger partial charge in [-0.2, -0.15) is 4.98 Å².